The summed E-state index contributed by atoms with van der Waals surface area (Å²) in [5.41, 5.74) is 0.378. The number of hydrogen-bond donors (Lipinski definition) is 0. The highest BCUT2D eigenvalue weighted by Crippen LogP contribution is 2.21. The molecule has 1 aromatic carbocycles. The zero-order valence-corrected chi connectivity index (χ0v) is 8.21. The van der Waals surface area contributed by atoms with Gasteiger partial charge in [0.05, 0.1) is 17.7 Å². The number of hydrogen-bond acceptors (Lipinski definition) is 3. The minimum Gasteiger partial charge on any atom is -0.615 e. The first-order valence-corrected chi connectivity index (χ1v) is 4.80. The van der Waals surface area contributed by atoms with Crippen molar-refractivity contribution >= 4 is 21.9 Å². The molecule has 4 heteroatoms. The Morgan fingerprint density at radius 1 is 1.12 bits per heavy atom. The summed E-state index contributed by atoms with van der Waals surface area (Å²) in [6.45, 7) is 0. The summed E-state index contributed by atoms with van der Waals surface area (Å²) in [4.78, 5) is 11.3. The Bertz CT molecular complexity index is 746. The van der Waals surface area contributed by atoms with Gasteiger partial charge in [-0.25, -0.2) is 4.79 Å². The van der Waals surface area contributed by atoms with Crippen molar-refractivity contribution in [3.63, 3.8) is 0 Å². The fourth-order valence-corrected chi connectivity index (χ4v) is 1.82. The first-order valence-electron chi connectivity index (χ1n) is 4.80. The quantitative estimate of drug-likeness (QED) is 0.323. The third kappa shape index (κ3) is 1.10. The van der Waals surface area contributed by atoms with Crippen LogP contribution in [0.3, 0.4) is 0 Å². The molecule has 16 heavy (non-hydrogen) atoms. The topological polar surface area (TPSA) is 57.2 Å². The molecule has 0 N–H and O–H groups in total. The first-order chi connectivity index (χ1) is 7.77. The molecular weight excluding hydrogens is 206 g/mol. The van der Waals surface area contributed by atoms with Gasteiger partial charge >= 0.3 is 5.56 Å². The van der Waals surface area contributed by atoms with Crippen molar-refractivity contribution in [1.29, 1.82) is 0 Å². The van der Waals surface area contributed by atoms with Crippen LogP contribution in [0.25, 0.3) is 21.9 Å². The van der Waals surface area contributed by atoms with E-state index >= 15 is 0 Å². The molecule has 0 atom stereocenters. The summed E-state index contributed by atoms with van der Waals surface area (Å²) in [5, 5.41) is 13.1. The van der Waals surface area contributed by atoms with Gasteiger partial charge in [-0.2, -0.15) is 0 Å². The summed E-state index contributed by atoms with van der Waals surface area (Å²) in [6, 6.07) is 9.89. The van der Waals surface area contributed by atoms with Gasteiger partial charge in [0.15, 0.2) is 0 Å². The van der Waals surface area contributed by atoms with Crippen LogP contribution in [-0.4, -0.2) is 0 Å². The maximum atomic E-state index is 11.7. The molecule has 2 aromatic heterocycles. The fraction of sp³-hybridized carbons (Fsp3) is 0. The fourth-order valence-electron chi connectivity index (χ4n) is 1.82. The normalized spacial score (nSPS) is 11.0. The average molecular weight is 213 g/mol. The highest BCUT2D eigenvalue weighted by Gasteiger charge is 2.11. The Labute approximate surface area is 89.9 Å². The number of rotatable bonds is 0. The van der Waals surface area contributed by atoms with Crippen LogP contribution < -0.4 is 10.3 Å². The molecule has 4 nitrogen and oxygen atoms in total. The van der Waals surface area contributed by atoms with Crippen LogP contribution in [-0.2, 0) is 0 Å². The van der Waals surface area contributed by atoms with E-state index in [0.717, 1.165) is 5.39 Å². The highest BCUT2D eigenvalue weighted by atomic mass is 16.5. The van der Waals surface area contributed by atoms with Crippen LogP contribution >= 0.6 is 0 Å². The molecule has 0 aliphatic heterocycles. The summed E-state index contributed by atoms with van der Waals surface area (Å²) in [6.07, 6.45) is 1.53. The van der Waals surface area contributed by atoms with Crippen LogP contribution in [0.1, 0.15) is 0 Å². The van der Waals surface area contributed by atoms with Crippen molar-refractivity contribution in [3.05, 3.63) is 58.2 Å². The lowest BCUT2D eigenvalue weighted by Gasteiger charge is -2.02. The van der Waals surface area contributed by atoms with Crippen molar-refractivity contribution in [1.82, 2.24) is 0 Å². The largest absolute Gasteiger partial charge is 0.615 e. The summed E-state index contributed by atoms with van der Waals surface area (Å²) in [5.74, 6) is 0. The standard InChI is InChI=1S/C12H7NO3/c14-11-6-4-8-3-5-10-9(2-1-7-16-10)12(8)13(11)15/h1-7H. The molecule has 0 spiro atoms. The monoisotopic (exact) mass is 213 g/mol. The first kappa shape index (κ1) is 8.91. The van der Waals surface area contributed by atoms with Gasteiger partial charge in [-0.15, -0.1) is 4.73 Å². The molecule has 0 fully saturated rings. The third-order valence-electron chi connectivity index (χ3n) is 2.55. The molecule has 0 saturated carbocycles. The highest BCUT2D eigenvalue weighted by molar-refractivity contribution is 6.00. The minimum atomic E-state index is -0.566. The maximum Gasteiger partial charge on any atom is 0.423 e. The van der Waals surface area contributed by atoms with E-state index in [1.165, 1.54) is 12.3 Å². The number of nitrogens with zero attached hydrogens (tertiary/aromatic N) is 1. The molecule has 0 radical (unpaired) electrons. The molecule has 3 aromatic rings. The van der Waals surface area contributed by atoms with Gasteiger partial charge in [0, 0.05) is 5.39 Å². The second kappa shape index (κ2) is 3.06. The molecule has 0 bridgehead atoms. The molecular formula is C12H7NO3. The summed E-state index contributed by atoms with van der Waals surface area (Å²) in [7, 11) is 0. The van der Waals surface area contributed by atoms with Gasteiger partial charge in [-0.1, -0.05) is 0 Å². The smallest absolute Gasteiger partial charge is 0.423 e. The van der Waals surface area contributed by atoms with Gasteiger partial charge < -0.3 is 9.62 Å². The van der Waals surface area contributed by atoms with Crippen LogP contribution in [0.5, 0.6) is 0 Å². The SMILES string of the molecule is O=c1ccc2ccc3occcc3c2[n+]1[O-]. The van der Waals surface area contributed by atoms with Crippen molar-refractivity contribution in [2.45, 2.75) is 0 Å². The average Bonchev–Trinajstić information content (AvgIpc) is 2.33. The van der Waals surface area contributed by atoms with Crippen molar-refractivity contribution < 1.29 is 9.15 Å². The predicted molar refractivity (Wildman–Crippen MR) is 59.0 cm³/mol. The molecule has 0 saturated heterocycles. The number of benzene rings is 1. The molecule has 0 aliphatic carbocycles. The van der Waals surface area contributed by atoms with E-state index in [4.69, 9.17) is 4.42 Å². The third-order valence-corrected chi connectivity index (χ3v) is 2.55. The van der Waals surface area contributed by atoms with Crippen molar-refractivity contribution in [2.75, 3.05) is 0 Å². The zero-order valence-electron chi connectivity index (χ0n) is 8.21. The second-order valence-corrected chi connectivity index (χ2v) is 3.49. The number of fused-ring (bicyclic) bond motifs is 3. The van der Waals surface area contributed by atoms with E-state index in [1.54, 1.807) is 30.3 Å². The number of aromatic nitrogens is 1. The molecule has 3 rings (SSSR count). The van der Waals surface area contributed by atoms with Gasteiger partial charge in [-0.3, -0.25) is 0 Å². The van der Waals surface area contributed by atoms with E-state index in [1.807, 2.05) is 0 Å². The van der Waals surface area contributed by atoms with Gasteiger partial charge in [0.1, 0.15) is 5.58 Å². The predicted octanol–water partition coefficient (Wildman–Crippen LogP) is 1.58. The lowest BCUT2D eigenvalue weighted by atomic mass is 10.1. The van der Waals surface area contributed by atoms with Gasteiger partial charge in [-0.05, 0) is 30.3 Å². The van der Waals surface area contributed by atoms with Crippen molar-refractivity contribution in [3.8, 4) is 0 Å². The van der Waals surface area contributed by atoms with E-state index in [9.17, 15) is 10.0 Å². The lowest BCUT2D eigenvalue weighted by Crippen LogP contribution is -2.44. The molecule has 2 heterocycles. The van der Waals surface area contributed by atoms with E-state index in [2.05, 4.69) is 0 Å². The van der Waals surface area contributed by atoms with Crippen LogP contribution in [0.2, 0.25) is 0 Å². The van der Waals surface area contributed by atoms with Gasteiger partial charge in [0.25, 0.3) is 0 Å². The Kier molecular flexibility index (Phi) is 1.71. The Morgan fingerprint density at radius 3 is 2.81 bits per heavy atom. The molecule has 0 amide bonds. The van der Waals surface area contributed by atoms with E-state index in [0.29, 0.717) is 21.2 Å². The molecule has 0 unspecified atom stereocenters. The Hall–Kier alpha value is -2.36. The zero-order chi connectivity index (χ0) is 11.1. The van der Waals surface area contributed by atoms with Crippen LogP contribution in [0.4, 0.5) is 0 Å². The molecule has 78 valence electrons. The molecule has 0 aliphatic rings. The summed E-state index contributed by atoms with van der Waals surface area (Å²) < 4.78 is 5.66. The van der Waals surface area contributed by atoms with Gasteiger partial charge in [0.2, 0.25) is 5.52 Å². The lowest BCUT2D eigenvalue weighted by molar-refractivity contribution is -0.591. The Morgan fingerprint density at radius 2 is 1.94 bits per heavy atom. The van der Waals surface area contributed by atoms with E-state index in [-0.39, 0.29) is 0 Å². The Balaban J connectivity index is 2.68. The minimum absolute atomic E-state index is 0.356. The number of pyridine rings is 1. The van der Waals surface area contributed by atoms with E-state index < -0.39 is 5.56 Å². The van der Waals surface area contributed by atoms with Crippen LogP contribution in [0, 0.1) is 5.21 Å². The van der Waals surface area contributed by atoms with Crippen LogP contribution in [0.15, 0.2) is 51.9 Å². The second-order valence-electron chi connectivity index (χ2n) is 3.49. The maximum absolute atomic E-state index is 11.7. The van der Waals surface area contributed by atoms with Crippen molar-refractivity contribution in [2.24, 2.45) is 0 Å². The summed E-state index contributed by atoms with van der Waals surface area (Å²) >= 11 is 0.